The van der Waals surface area contributed by atoms with Crippen LogP contribution in [0.3, 0.4) is 0 Å². The van der Waals surface area contributed by atoms with E-state index in [-0.39, 0.29) is 11.8 Å². The van der Waals surface area contributed by atoms with Crippen molar-refractivity contribution >= 4 is 10.0 Å². The van der Waals surface area contributed by atoms with Crippen LogP contribution in [0.4, 0.5) is 0 Å². The molecule has 118 valence electrons. The normalized spacial score (nSPS) is 26.7. The van der Waals surface area contributed by atoms with Crippen LogP contribution >= 0.6 is 0 Å². The third-order valence-electron chi connectivity index (χ3n) is 4.72. The summed E-state index contributed by atoms with van der Waals surface area (Å²) in [5, 5.41) is 0. The first-order valence-electron chi connectivity index (χ1n) is 7.70. The second-order valence-corrected chi connectivity index (χ2v) is 7.98. The van der Waals surface area contributed by atoms with Crippen molar-refractivity contribution in [3.05, 3.63) is 35.4 Å². The van der Waals surface area contributed by atoms with E-state index in [2.05, 4.69) is 18.6 Å². The molecule has 0 aromatic heterocycles. The number of sulfonamides is 1. The van der Waals surface area contributed by atoms with Crippen molar-refractivity contribution < 1.29 is 8.42 Å². The Labute approximate surface area is 128 Å². The number of benzene rings is 1. The summed E-state index contributed by atoms with van der Waals surface area (Å²) in [4.78, 5) is 0. The van der Waals surface area contributed by atoms with Gasteiger partial charge < -0.3 is 5.73 Å². The first kappa shape index (κ1) is 16.5. The van der Waals surface area contributed by atoms with Gasteiger partial charge in [0, 0.05) is 12.6 Å². The van der Waals surface area contributed by atoms with E-state index in [4.69, 9.17) is 5.73 Å². The van der Waals surface area contributed by atoms with Crippen LogP contribution in [0, 0.1) is 11.8 Å². The molecule has 0 amide bonds. The Morgan fingerprint density at radius 2 is 1.86 bits per heavy atom. The van der Waals surface area contributed by atoms with Gasteiger partial charge in [0.25, 0.3) is 0 Å². The van der Waals surface area contributed by atoms with Gasteiger partial charge in [0.1, 0.15) is 0 Å². The molecule has 1 aliphatic rings. The van der Waals surface area contributed by atoms with E-state index < -0.39 is 10.0 Å². The van der Waals surface area contributed by atoms with E-state index >= 15 is 0 Å². The molecule has 0 spiro atoms. The fourth-order valence-corrected chi connectivity index (χ4v) is 4.69. The van der Waals surface area contributed by atoms with Gasteiger partial charge in [-0.25, -0.2) is 13.1 Å². The fraction of sp³-hybridized carbons (Fsp3) is 0.625. The zero-order valence-corrected chi connectivity index (χ0v) is 13.7. The summed E-state index contributed by atoms with van der Waals surface area (Å²) in [6, 6.07) is 7.53. The van der Waals surface area contributed by atoms with E-state index in [9.17, 15) is 8.42 Å². The molecule has 3 unspecified atom stereocenters. The monoisotopic (exact) mass is 310 g/mol. The molecule has 0 bridgehead atoms. The predicted octanol–water partition coefficient (Wildman–Crippen LogP) is 2.39. The second kappa shape index (κ2) is 6.90. The highest BCUT2D eigenvalue weighted by Gasteiger charge is 2.30. The average molecular weight is 310 g/mol. The molecular formula is C16H26N2O2S. The number of nitrogens with two attached hydrogens (primary N) is 1. The molecule has 3 N–H and O–H groups in total. The van der Waals surface area contributed by atoms with Crippen molar-refractivity contribution in [3.63, 3.8) is 0 Å². The van der Waals surface area contributed by atoms with Crippen molar-refractivity contribution in [1.29, 1.82) is 0 Å². The van der Waals surface area contributed by atoms with E-state index in [0.717, 1.165) is 24.0 Å². The van der Waals surface area contributed by atoms with E-state index in [0.29, 0.717) is 18.4 Å². The van der Waals surface area contributed by atoms with Crippen LogP contribution in [0.5, 0.6) is 0 Å². The van der Waals surface area contributed by atoms with Gasteiger partial charge in [0.2, 0.25) is 10.0 Å². The van der Waals surface area contributed by atoms with Crippen molar-refractivity contribution in [1.82, 2.24) is 4.72 Å². The molecule has 0 saturated heterocycles. The fourth-order valence-electron chi connectivity index (χ4n) is 3.12. The average Bonchev–Trinajstić information content (AvgIpc) is 2.44. The minimum atomic E-state index is -3.33. The van der Waals surface area contributed by atoms with Crippen LogP contribution in [-0.4, -0.2) is 14.5 Å². The highest BCUT2D eigenvalue weighted by Crippen LogP contribution is 2.30. The summed E-state index contributed by atoms with van der Waals surface area (Å²) in [5.74, 6) is 0.971. The quantitative estimate of drug-likeness (QED) is 0.877. The zero-order valence-electron chi connectivity index (χ0n) is 12.9. The van der Waals surface area contributed by atoms with E-state index in [1.54, 1.807) is 0 Å². The standard InChI is InChI=1S/C16H26N2O2S/c1-12-6-5-9-16(13(12)2)18-21(19,20)11-15-8-4-3-7-14(15)10-17/h3-4,7-8,12-13,16,18H,5-6,9-11,17H2,1-2H3. The molecule has 4 nitrogen and oxygen atoms in total. The highest BCUT2D eigenvalue weighted by molar-refractivity contribution is 7.88. The SMILES string of the molecule is CC1CCCC(NS(=O)(=O)Cc2ccccc2CN)C1C. The van der Waals surface area contributed by atoms with Crippen LogP contribution in [-0.2, 0) is 22.3 Å². The summed E-state index contributed by atoms with van der Waals surface area (Å²) in [6.45, 7) is 4.71. The molecule has 0 aliphatic heterocycles. The molecule has 1 aromatic rings. The van der Waals surface area contributed by atoms with E-state index in [1.165, 1.54) is 6.42 Å². The Morgan fingerprint density at radius 3 is 2.52 bits per heavy atom. The van der Waals surface area contributed by atoms with Crippen LogP contribution in [0.25, 0.3) is 0 Å². The molecule has 5 heteroatoms. The predicted molar refractivity (Wildman–Crippen MR) is 86.1 cm³/mol. The minimum absolute atomic E-state index is 0.0119. The largest absolute Gasteiger partial charge is 0.326 e. The van der Waals surface area contributed by atoms with Gasteiger partial charge in [-0.3, -0.25) is 0 Å². The zero-order chi connectivity index (χ0) is 15.5. The Morgan fingerprint density at radius 1 is 1.19 bits per heavy atom. The van der Waals surface area contributed by atoms with Gasteiger partial charge in [-0.05, 0) is 29.4 Å². The third-order valence-corrected chi connectivity index (χ3v) is 6.07. The molecule has 0 radical (unpaired) electrons. The third kappa shape index (κ3) is 4.28. The van der Waals surface area contributed by atoms with Gasteiger partial charge in [0.05, 0.1) is 5.75 Å². The Balaban J connectivity index is 2.08. The van der Waals surface area contributed by atoms with Gasteiger partial charge in [-0.15, -0.1) is 0 Å². The summed E-state index contributed by atoms with van der Waals surface area (Å²) in [5.41, 5.74) is 7.37. The van der Waals surface area contributed by atoms with Crippen LogP contribution in [0.1, 0.15) is 44.2 Å². The molecule has 1 fully saturated rings. The molecule has 1 aromatic carbocycles. The molecule has 0 heterocycles. The maximum Gasteiger partial charge on any atom is 0.216 e. The minimum Gasteiger partial charge on any atom is -0.326 e. The van der Waals surface area contributed by atoms with Crippen LogP contribution in [0.15, 0.2) is 24.3 Å². The smallest absolute Gasteiger partial charge is 0.216 e. The lowest BCUT2D eigenvalue weighted by Gasteiger charge is -2.34. The maximum atomic E-state index is 12.4. The van der Waals surface area contributed by atoms with Crippen molar-refractivity contribution in [2.24, 2.45) is 17.6 Å². The summed E-state index contributed by atoms with van der Waals surface area (Å²) in [7, 11) is -3.33. The van der Waals surface area contributed by atoms with Gasteiger partial charge in [-0.1, -0.05) is 51.0 Å². The van der Waals surface area contributed by atoms with Gasteiger partial charge >= 0.3 is 0 Å². The van der Waals surface area contributed by atoms with Crippen LogP contribution < -0.4 is 10.5 Å². The Hall–Kier alpha value is -0.910. The number of rotatable bonds is 5. The molecule has 1 saturated carbocycles. The lowest BCUT2D eigenvalue weighted by Crippen LogP contribution is -2.44. The lowest BCUT2D eigenvalue weighted by molar-refractivity contribution is 0.227. The Kier molecular flexibility index (Phi) is 5.41. The van der Waals surface area contributed by atoms with Gasteiger partial charge in [0.15, 0.2) is 0 Å². The molecule has 21 heavy (non-hydrogen) atoms. The lowest BCUT2D eigenvalue weighted by atomic mass is 9.78. The molecular weight excluding hydrogens is 284 g/mol. The van der Waals surface area contributed by atoms with Crippen molar-refractivity contribution in [2.75, 3.05) is 0 Å². The van der Waals surface area contributed by atoms with Gasteiger partial charge in [-0.2, -0.15) is 0 Å². The first-order chi connectivity index (χ1) is 9.93. The first-order valence-corrected chi connectivity index (χ1v) is 9.35. The topological polar surface area (TPSA) is 72.2 Å². The van der Waals surface area contributed by atoms with Crippen molar-refractivity contribution in [3.8, 4) is 0 Å². The highest BCUT2D eigenvalue weighted by atomic mass is 32.2. The summed E-state index contributed by atoms with van der Waals surface area (Å²) < 4.78 is 27.8. The summed E-state index contributed by atoms with van der Waals surface area (Å²) in [6.07, 6.45) is 3.22. The maximum absolute atomic E-state index is 12.4. The number of hydrogen-bond acceptors (Lipinski definition) is 3. The van der Waals surface area contributed by atoms with Crippen molar-refractivity contribution in [2.45, 2.75) is 51.4 Å². The summed E-state index contributed by atoms with van der Waals surface area (Å²) >= 11 is 0. The molecule has 1 aliphatic carbocycles. The number of nitrogens with one attached hydrogen (secondary N) is 1. The second-order valence-electron chi connectivity index (χ2n) is 6.22. The van der Waals surface area contributed by atoms with E-state index in [1.807, 2.05) is 24.3 Å². The number of hydrogen-bond donors (Lipinski definition) is 2. The molecule has 2 rings (SSSR count). The molecule has 3 atom stereocenters. The van der Waals surface area contributed by atoms with Crippen LogP contribution in [0.2, 0.25) is 0 Å². The Bertz CT molecular complexity index is 571.